The summed E-state index contributed by atoms with van der Waals surface area (Å²) >= 11 is 0. The quantitative estimate of drug-likeness (QED) is 0.809. The Hall–Kier alpha value is -2.04. The van der Waals surface area contributed by atoms with Crippen LogP contribution in [-0.4, -0.2) is 63.3 Å². The first-order valence-corrected chi connectivity index (χ1v) is 6.95. The first-order chi connectivity index (χ1) is 10.9. The van der Waals surface area contributed by atoms with Crippen LogP contribution in [0.4, 0.5) is 10.3 Å². The van der Waals surface area contributed by atoms with E-state index in [1.807, 2.05) is 0 Å². The largest absolute Gasteiger partial charge is 0.479 e. The van der Waals surface area contributed by atoms with E-state index in [-0.39, 0.29) is 24.1 Å². The van der Waals surface area contributed by atoms with E-state index in [0.717, 1.165) is 0 Å². The highest BCUT2D eigenvalue weighted by Gasteiger charge is 2.55. The molecule has 3 N–H and O–H groups in total. The molecule has 0 radical (unpaired) electrons. The van der Waals surface area contributed by atoms with E-state index >= 15 is 4.39 Å². The fraction of sp³-hybridized carbons (Fsp3) is 0.615. The molecule has 0 amide bonds. The molecule has 126 valence electrons. The van der Waals surface area contributed by atoms with Gasteiger partial charge in [-0.3, -0.25) is 4.57 Å². The predicted octanol–water partition coefficient (Wildman–Crippen LogP) is 0.0500. The monoisotopic (exact) mass is 327 g/mol. The minimum absolute atomic E-state index is 0.0383. The summed E-state index contributed by atoms with van der Waals surface area (Å²) in [6.45, 7) is 1.32. The first-order valence-electron chi connectivity index (χ1n) is 6.95. The molecule has 0 saturated carbocycles. The molecule has 9 nitrogen and oxygen atoms in total. The molecular weight excluding hydrogens is 309 g/mol. The topological polar surface area (TPSA) is 118 Å². The molecule has 1 aliphatic heterocycles. The number of hydrogen-bond acceptors (Lipinski definition) is 8. The van der Waals surface area contributed by atoms with Crippen molar-refractivity contribution in [1.82, 2.24) is 19.5 Å². The van der Waals surface area contributed by atoms with Crippen LogP contribution in [0.1, 0.15) is 13.2 Å². The number of ether oxygens (including phenoxy) is 3. The van der Waals surface area contributed by atoms with Gasteiger partial charge >= 0.3 is 0 Å². The van der Waals surface area contributed by atoms with Crippen molar-refractivity contribution >= 4 is 17.1 Å². The number of nitrogens with two attached hydrogens (primary N) is 1. The smallest absolute Gasteiger partial charge is 0.246 e. The average Bonchev–Trinajstić information content (AvgIpc) is 3.01. The fourth-order valence-electron chi connectivity index (χ4n) is 2.74. The van der Waals surface area contributed by atoms with Crippen LogP contribution in [0, 0.1) is 0 Å². The molecule has 3 rings (SSSR count). The number of halogens is 1. The highest BCUT2D eigenvalue weighted by Crippen LogP contribution is 2.42. The summed E-state index contributed by atoms with van der Waals surface area (Å²) in [6.07, 6.45) is -1.95. The maximum atomic E-state index is 15.0. The van der Waals surface area contributed by atoms with Crippen molar-refractivity contribution in [1.29, 1.82) is 0 Å². The van der Waals surface area contributed by atoms with Crippen molar-refractivity contribution in [3.05, 3.63) is 6.33 Å². The maximum absolute atomic E-state index is 15.0. The molecular formula is C13H18FN5O4. The number of alkyl halides is 1. The highest BCUT2D eigenvalue weighted by atomic mass is 19.1. The lowest BCUT2D eigenvalue weighted by molar-refractivity contribution is -0.0621. The summed E-state index contributed by atoms with van der Waals surface area (Å²) in [5, 5.41) is 10.1. The van der Waals surface area contributed by atoms with Crippen LogP contribution in [0.2, 0.25) is 0 Å². The zero-order chi connectivity index (χ0) is 16.8. The van der Waals surface area contributed by atoms with E-state index in [2.05, 4.69) is 15.0 Å². The molecule has 23 heavy (non-hydrogen) atoms. The van der Waals surface area contributed by atoms with Crippen LogP contribution in [0.25, 0.3) is 11.2 Å². The molecule has 1 fully saturated rings. The Labute approximate surface area is 131 Å². The van der Waals surface area contributed by atoms with Gasteiger partial charge in [-0.15, -0.1) is 0 Å². The molecule has 0 bridgehead atoms. The van der Waals surface area contributed by atoms with Crippen molar-refractivity contribution in [3.63, 3.8) is 0 Å². The molecule has 0 aliphatic carbocycles. The van der Waals surface area contributed by atoms with Crippen molar-refractivity contribution < 1.29 is 23.7 Å². The van der Waals surface area contributed by atoms with Gasteiger partial charge in [0.15, 0.2) is 23.1 Å². The molecule has 0 spiro atoms. The van der Waals surface area contributed by atoms with E-state index in [4.69, 9.17) is 19.9 Å². The molecule has 4 atom stereocenters. The van der Waals surface area contributed by atoms with Gasteiger partial charge in [0.1, 0.15) is 12.2 Å². The molecule has 10 heteroatoms. The normalized spacial score (nSPS) is 30.9. The van der Waals surface area contributed by atoms with Gasteiger partial charge in [0, 0.05) is 7.11 Å². The Morgan fingerprint density at radius 3 is 2.87 bits per heavy atom. The van der Waals surface area contributed by atoms with Gasteiger partial charge in [0.25, 0.3) is 0 Å². The summed E-state index contributed by atoms with van der Waals surface area (Å²) in [6, 6.07) is 0. The third-order valence-corrected chi connectivity index (χ3v) is 3.90. The number of aliphatic hydroxyl groups is 1. The lowest BCUT2D eigenvalue weighted by atomic mass is 9.98. The Morgan fingerprint density at radius 2 is 2.22 bits per heavy atom. The van der Waals surface area contributed by atoms with Crippen LogP contribution in [-0.2, 0) is 9.47 Å². The number of aliphatic hydroxyl groups excluding tert-OH is 1. The Kier molecular flexibility index (Phi) is 3.82. The summed E-state index contributed by atoms with van der Waals surface area (Å²) < 4.78 is 32.1. The van der Waals surface area contributed by atoms with E-state index < -0.39 is 24.1 Å². The van der Waals surface area contributed by atoms with Gasteiger partial charge in [0.2, 0.25) is 11.8 Å². The molecule has 0 aromatic carbocycles. The summed E-state index contributed by atoms with van der Waals surface area (Å²) in [7, 11) is 2.87. The van der Waals surface area contributed by atoms with Gasteiger partial charge in [-0.05, 0) is 6.92 Å². The number of rotatable bonds is 4. The number of methoxy groups -OCH3 is 2. The third kappa shape index (κ3) is 2.38. The summed E-state index contributed by atoms with van der Waals surface area (Å²) in [5.74, 6) is 0.141. The van der Waals surface area contributed by atoms with Crippen LogP contribution < -0.4 is 10.5 Å². The van der Waals surface area contributed by atoms with Gasteiger partial charge in [-0.25, -0.2) is 9.37 Å². The zero-order valence-corrected chi connectivity index (χ0v) is 12.9. The Morgan fingerprint density at radius 1 is 1.48 bits per heavy atom. The number of nitrogen functional groups attached to an aromatic ring is 1. The molecule has 2 aromatic rings. The van der Waals surface area contributed by atoms with Crippen LogP contribution in [0.3, 0.4) is 0 Å². The highest BCUT2D eigenvalue weighted by molar-refractivity contribution is 5.77. The van der Waals surface area contributed by atoms with Gasteiger partial charge in [0.05, 0.1) is 20.0 Å². The number of fused-ring (bicyclic) bond motifs is 1. The number of imidazole rings is 1. The standard InChI is InChI=1S/C13H18FN5O4/c1-13(14)8(20)6(4-21-2)23-11(13)19-5-16-7-9(19)17-12(15)18-10(7)22-3/h5-6,8,11,20H,4H2,1-3H3,(H2,15,17,18)/t6-,8-,11-,13-/m1/s1. The molecule has 1 aliphatic rings. The van der Waals surface area contributed by atoms with Crippen molar-refractivity contribution in [2.45, 2.75) is 31.0 Å². The van der Waals surface area contributed by atoms with Gasteiger partial charge < -0.3 is 25.1 Å². The van der Waals surface area contributed by atoms with E-state index in [0.29, 0.717) is 5.52 Å². The lowest BCUT2D eigenvalue weighted by Crippen LogP contribution is -2.40. The average molecular weight is 327 g/mol. The van der Waals surface area contributed by atoms with Crippen LogP contribution >= 0.6 is 0 Å². The van der Waals surface area contributed by atoms with Crippen molar-refractivity contribution in [3.8, 4) is 5.88 Å². The number of aromatic nitrogens is 4. The zero-order valence-electron chi connectivity index (χ0n) is 12.9. The van der Waals surface area contributed by atoms with E-state index in [1.54, 1.807) is 0 Å². The van der Waals surface area contributed by atoms with E-state index in [1.165, 1.54) is 32.0 Å². The van der Waals surface area contributed by atoms with Crippen LogP contribution in [0.15, 0.2) is 6.33 Å². The molecule has 3 heterocycles. The second kappa shape index (κ2) is 5.55. The third-order valence-electron chi connectivity index (χ3n) is 3.90. The molecule has 1 saturated heterocycles. The van der Waals surface area contributed by atoms with Crippen molar-refractivity contribution in [2.24, 2.45) is 0 Å². The second-order valence-electron chi connectivity index (χ2n) is 5.49. The van der Waals surface area contributed by atoms with Crippen molar-refractivity contribution in [2.75, 3.05) is 26.6 Å². The van der Waals surface area contributed by atoms with E-state index in [9.17, 15) is 5.11 Å². The number of nitrogens with zero attached hydrogens (tertiary/aromatic N) is 4. The minimum Gasteiger partial charge on any atom is -0.479 e. The lowest BCUT2D eigenvalue weighted by Gasteiger charge is -2.24. The SMILES string of the molecule is COC[C@H]1O[C@@H](n2cnc3c(OC)nc(N)nc32)[C@](C)(F)[C@@H]1O. The molecule has 2 aromatic heterocycles. The predicted molar refractivity (Wildman–Crippen MR) is 77.6 cm³/mol. The maximum Gasteiger partial charge on any atom is 0.246 e. The second-order valence-corrected chi connectivity index (χ2v) is 5.49. The van der Waals surface area contributed by atoms with Crippen LogP contribution in [0.5, 0.6) is 5.88 Å². The Bertz CT molecular complexity index is 722. The molecule has 0 unspecified atom stereocenters. The minimum atomic E-state index is -2.07. The number of hydrogen-bond donors (Lipinski definition) is 2. The number of anilines is 1. The summed E-state index contributed by atoms with van der Waals surface area (Å²) in [4.78, 5) is 12.1. The van der Waals surface area contributed by atoms with Gasteiger partial charge in [-0.2, -0.15) is 9.97 Å². The Balaban J connectivity index is 2.08. The summed E-state index contributed by atoms with van der Waals surface area (Å²) in [5.41, 5.74) is 4.17. The van der Waals surface area contributed by atoms with Gasteiger partial charge in [-0.1, -0.05) is 0 Å². The first kappa shape index (κ1) is 15.8. The fourth-order valence-corrected chi connectivity index (χ4v) is 2.74.